The number of hydrogen-bond donors (Lipinski definition) is 1. The molecule has 2 atom stereocenters. The van der Waals surface area contributed by atoms with Crippen molar-refractivity contribution in [2.45, 2.75) is 31.9 Å². The summed E-state index contributed by atoms with van der Waals surface area (Å²) in [5.41, 5.74) is 6.44. The predicted molar refractivity (Wildman–Crippen MR) is 139 cm³/mol. The molecule has 0 amide bonds. The summed E-state index contributed by atoms with van der Waals surface area (Å²) < 4.78 is 19.8. The Kier molecular flexibility index (Phi) is 5.40. The summed E-state index contributed by atoms with van der Waals surface area (Å²) in [6.45, 7) is 4.41. The predicted octanol–water partition coefficient (Wildman–Crippen LogP) is 5.98. The second-order valence-corrected chi connectivity index (χ2v) is 9.32. The summed E-state index contributed by atoms with van der Waals surface area (Å²) >= 11 is 0. The molecule has 0 unspecified atom stereocenters. The van der Waals surface area contributed by atoms with Crippen LogP contribution in [0.2, 0.25) is 0 Å². The van der Waals surface area contributed by atoms with Crippen LogP contribution in [0, 0.1) is 0 Å². The largest absolute Gasteiger partial charge is 0.493 e. The van der Waals surface area contributed by atoms with Gasteiger partial charge in [-0.05, 0) is 41.3 Å². The van der Waals surface area contributed by atoms with Crippen molar-refractivity contribution < 1.29 is 14.2 Å². The van der Waals surface area contributed by atoms with E-state index in [-0.39, 0.29) is 12.1 Å². The number of aromatic nitrogens is 3. The molecule has 7 heteroatoms. The van der Waals surface area contributed by atoms with E-state index >= 15 is 0 Å². The molecule has 0 aliphatic carbocycles. The number of nitrogens with one attached hydrogen (secondary N) is 1. The van der Waals surface area contributed by atoms with Gasteiger partial charge in [-0.1, -0.05) is 56.3 Å². The molecule has 182 valence electrons. The Bertz CT molecular complexity index is 1460. The molecule has 1 aromatic heterocycles. The lowest BCUT2D eigenvalue weighted by Crippen LogP contribution is -2.32. The third-order valence-corrected chi connectivity index (χ3v) is 6.95. The van der Waals surface area contributed by atoms with E-state index < -0.39 is 0 Å². The van der Waals surface area contributed by atoms with E-state index in [0.29, 0.717) is 23.4 Å². The van der Waals surface area contributed by atoms with Crippen molar-refractivity contribution in [3.63, 3.8) is 0 Å². The van der Waals surface area contributed by atoms with E-state index in [1.807, 2.05) is 41.1 Å². The topological polar surface area (TPSA) is 70.4 Å². The molecular formula is C29H28N4O3. The summed E-state index contributed by atoms with van der Waals surface area (Å²) in [5.74, 6) is 3.29. The summed E-state index contributed by atoms with van der Waals surface area (Å²) in [5, 5.41) is 8.17. The maximum absolute atomic E-state index is 6.71. The van der Waals surface area contributed by atoms with Crippen LogP contribution >= 0.6 is 0 Å². The average molecular weight is 481 g/mol. The molecule has 0 radical (unpaired) electrons. The Balaban J connectivity index is 1.58. The Hall–Kier alpha value is -4.26. The third kappa shape index (κ3) is 3.50. The molecular weight excluding hydrogens is 452 g/mol. The van der Waals surface area contributed by atoms with Crippen LogP contribution in [0.1, 0.15) is 54.2 Å². The van der Waals surface area contributed by atoms with Gasteiger partial charge in [-0.3, -0.25) is 0 Å². The van der Waals surface area contributed by atoms with E-state index in [1.54, 1.807) is 20.5 Å². The minimum atomic E-state index is -0.380. The number of hydrogen-bond acceptors (Lipinski definition) is 6. The molecule has 2 aliphatic rings. The molecule has 0 fully saturated rings. The third-order valence-electron chi connectivity index (χ3n) is 6.95. The van der Waals surface area contributed by atoms with Gasteiger partial charge in [0.05, 0.1) is 19.9 Å². The molecule has 1 N–H and O–H groups in total. The van der Waals surface area contributed by atoms with Crippen molar-refractivity contribution in [3.8, 4) is 17.2 Å². The van der Waals surface area contributed by atoms with E-state index in [1.165, 1.54) is 5.56 Å². The van der Waals surface area contributed by atoms with Crippen LogP contribution in [0.3, 0.4) is 0 Å². The van der Waals surface area contributed by atoms with Gasteiger partial charge in [-0.2, -0.15) is 10.1 Å². The zero-order chi connectivity index (χ0) is 24.8. The zero-order valence-corrected chi connectivity index (χ0v) is 20.7. The summed E-state index contributed by atoms with van der Waals surface area (Å²) in [6, 6.07) is 22.6. The van der Waals surface area contributed by atoms with Gasteiger partial charge < -0.3 is 19.5 Å². The fourth-order valence-corrected chi connectivity index (χ4v) is 5.09. The maximum Gasteiger partial charge on any atom is 0.226 e. The van der Waals surface area contributed by atoms with Crippen LogP contribution in [0.25, 0.3) is 5.70 Å². The Morgan fingerprint density at radius 1 is 0.917 bits per heavy atom. The molecule has 3 heterocycles. The van der Waals surface area contributed by atoms with E-state index in [2.05, 4.69) is 59.6 Å². The number of benzene rings is 3. The molecule has 0 saturated carbocycles. The Labute approximate surface area is 210 Å². The van der Waals surface area contributed by atoms with Crippen LogP contribution in [0.5, 0.6) is 17.2 Å². The van der Waals surface area contributed by atoms with Crippen molar-refractivity contribution in [1.29, 1.82) is 0 Å². The Morgan fingerprint density at radius 2 is 1.67 bits per heavy atom. The highest BCUT2D eigenvalue weighted by molar-refractivity contribution is 5.85. The van der Waals surface area contributed by atoms with Crippen molar-refractivity contribution in [2.24, 2.45) is 0 Å². The minimum absolute atomic E-state index is 0.202. The lowest BCUT2D eigenvalue weighted by molar-refractivity contribution is 0.222. The first-order chi connectivity index (χ1) is 17.6. The van der Waals surface area contributed by atoms with Crippen molar-refractivity contribution >= 4 is 11.6 Å². The average Bonchev–Trinajstić information content (AvgIpc) is 3.39. The number of nitrogens with zero attached hydrogens (tertiary/aromatic N) is 3. The molecule has 7 nitrogen and oxygen atoms in total. The van der Waals surface area contributed by atoms with Gasteiger partial charge in [0.1, 0.15) is 24.2 Å². The van der Waals surface area contributed by atoms with Crippen molar-refractivity contribution in [3.05, 3.63) is 101 Å². The molecule has 0 spiro atoms. The fourth-order valence-electron chi connectivity index (χ4n) is 5.09. The second kappa shape index (κ2) is 8.75. The number of anilines is 1. The van der Waals surface area contributed by atoms with E-state index in [4.69, 9.17) is 14.2 Å². The molecule has 4 aromatic rings. The highest BCUT2D eigenvalue weighted by Crippen LogP contribution is 2.51. The highest BCUT2D eigenvalue weighted by atomic mass is 16.5. The van der Waals surface area contributed by atoms with Gasteiger partial charge in [0.15, 0.2) is 11.5 Å². The zero-order valence-electron chi connectivity index (χ0n) is 20.7. The van der Waals surface area contributed by atoms with Crippen LogP contribution in [-0.4, -0.2) is 29.0 Å². The second-order valence-electron chi connectivity index (χ2n) is 9.32. The van der Waals surface area contributed by atoms with Crippen LogP contribution < -0.4 is 19.5 Å². The van der Waals surface area contributed by atoms with Gasteiger partial charge in [-0.25, -0.2) is 4.68 Å². The first-order valence-corrected chi connectivity index (χ1v) is 12.1. The first kappa shape index (κ1) is 22.2. The summed E-state index contributed by atoms with van der Waals surface area (Å²) in [4.78, 5) is 4.52. The lowest BCUT2D eigenvalue weighted by Gasteiger charge is -2.39. The summed E-state index contributed by atoms with van der Waals surface area (Å²) in [6.07, 6.45) is 1.21. The number of ether oxygens (including phenoxy) is 3. The molecule has 36 heavy (non-hydrogen) atoms. The van der Waals surface area contributed by atoms with Crippen LogP contribution in [0.15, 0.2) is 78.6 Å². The molecule has 3 aromatic carbocycles. The molecule has 6 rings (SSSR count). The van der Waals surface area contributed by atoms with Gasteiger partial charge in [0.25, 0.3) is 0 Å². The van der Waals surface area contributed by atoms with Gasteiger partial charge in [0, 0.05) is 16.7 Å². The SMILES string of the molecule is COc1ccc([C@@H]2Oc3ccccc3C3=C2[C@H](c2ccc(C(C)C)cc2)n2ncnc2N3)cc1OC. The molecule has 0 saturated heterocycles. The maximum atomic E-state index is 6.71. The van der Waals surface area contributed by atoms with Gasteiger partial charge >= 0.3 is 0 Å². The number of fused-ring (bicyclic) bond motifs is 3. The smallest absolute Gasteiger partial charge is 0.226 e. The van der Waals surface area contributed by atoms with Gasteiger partial charge in [-0.15, -0.1) is 0 Å². The number of methoxy groups -OCH3 is 2. The number of rotatable bonds is 5. The monoisotopic (exact) mass is 480 g/mol. The van der Waals surface area contributed by atoms with Crippen LogP contribution in [-0.2, 0) is 0 Å². The van der Waals surface area contributed by atoms with Crippen molar-refractivity contribution in [2.75, 3.05) is 19.5 Å². The van der Waals surface area contributed by atoms with Crippen LogP contribution in [0.4, 0.5) is 5.95 Å². The van der Waals surface area contributed by atoms with E-state index in [0.717, 1.165) is 33.7 Å². The first-order valence-electron chi connectivity index (χ1n) is 12.1. The highest BCUT2D eigenvalue weighted by Gasteiger charge is 2.41. The standard InChI is InChI=1S/C29H28N4O3/c1-17(2)18-9-11-19(12-10-18)27-25-26(32-29-30-16-31-33(27)29)21-7-5-6-8-22(21)36-28(25)20-13-14-23(34-3)24(15-20)35-4/h5-17,27-28H,1-4H3,(H,30,31,32)/t27-,28-/m0/s1. The minimum Gasteiger partial charge on any atom is -0.493 e. The fraction of sp³-hybridized carbons (Fsp3) is 0.241. The number of para-hydroxylation sites is 1. The summed E-state index contributed by atoms with van der Waals surface area (Å²) in [7, 11) is 3.28. The molecule has 2 aliphatic heterocycles. The normalized spacial score (nSPS) is 18.0. The van der Waals surface area contributed by atoms with E-state index in [9.17, 15) is 0 Å². The quantitative estimate of drug-likeness (QED) is 0.379. The molecule has 0 bridgehead atoms. The van der Waals surface area contributed by atoms with Gasteiger partial charge in [0.2, 0.25) is 5.95 Å². The lowest BCUT2D eigenvalue weighted by atomic mass is 9.84. The van der Waals surface area contributed by atoms with Crippen molar-refractivity contribution in [1.82, 2.24) is 14.8 Å². The Morgan fingerprint density at radius 3 is 2.42 bits per heavy atom.